The van der Waals surface area contributed by atoms with E-state index in [1.54, 1.807) is 12.1 Å². The maximum absolute atomic E-state index is 12.3. The lowest BCUT2D eigenvalue weighted by Crippen LogP contribution is -2.30. The highest BCUT2D eigenvalue weighted by Gasteiger charge is 2.21. The molecule has 0 saturated heterocycles. The SMILES string of the molecule is COc1ccc(Cl)cc1NC(=O)[C@@H](C)OC(=O)c1ccc(Cl)cc1Cl. The van der Waals surface area contributed by atoms with Crippen LogP contribution < -0.4 is 10.1 Å². The van der Waals surface area contributed by atoms with E-state index in [0.717, 1.165) is 0 Å². The van der Waals surface area contributed by atoms with Gasteiger partial charge in [-0.1, -0.05) is 34.8 Å². The number of amides is 1. The van der Waals surface area contributed by atoms with E-state index < -0.39 is 18.0 Å². The Morgan fingerprint density at radius 2 is 1.68 bits per heavy atom. The molecule has 0 aliphatic heterocycles. The molecule has 0 radical (unpaired) electrons. The largest absolute Gasteiger partial charge is 0.495 e. The van der Waals surface area contributed by atoms with E-state index in [0.29, 0.717) is 21.5 Å². The van der Waals surface area contributed by atoms with Gasteiger partial charge in [0.15, 0.2) is 6.10 Å². The molecule has 2 rings (SSSR count). The summed E-state index contributed by atoms with van der Waals surface area (Å²) < 4.78 is 10.3. The number of methoxy groups -OCH3 is 1. The Bertz CT molecular complexity index is 810. The quantitative estimate of drug-likeness (QED) is 0.727. The van der Waals surface area contributed by atoms with Gasteiger partial charge in [0.1, 0.15) is 5.75 Å². The number of hydrogen-bond acceptors (Lipinski definition) is 4. The average molecular weight is 403 g/mol. The second kappa shape index (κ2) is 8.43. The molecule has 25 heavy (non-hydrogen) atoms. The highest BCUT2D eigenvalue weighted by Crippen LogP contribution is 2.28. The van der Waals surface area contributed by atoms with Crippen LogP contribution in [0.4, 0.5) is 5.69 Å². The number of carbonyl (C=O) groups excluding carboxylic acids is 2. The Morgan fingerprint density at radius 3 is 2.32 bits per heavy atom. The van der Waals surface area contributed by atoms with Gasteiger partial charge in [0.05, 0.1) is 23.4 Å². The fraction of sp³-hybridized carbons (Fsp3) is 0.176. The highest BCUT2D eigenvalue weighted by molar-refractivity contribution is 6.36. The van der Waals surface area contributed by atoms with E-state index in [4.69, 9.17) is 44.3 Å². The summed E-state index contributed by atoms with van der Waals surface area (Å²) in [6, 6.07) is 9.12. The molecule has 0 spiro atoms. The fourth-order valence-corrected chi connectivity index (χ4v) is 2.60. The van der Waals surface area contributed by atoms with Crippen LogP contribution in [0.3, 0.4) is 0 Å². The topological polar surface area (TPSA) is 64.6 Å². The van der Waals surface area contributed by atoms with E-state index in [1.807, 2.05) is 0 Å². The molecule has 0 saturated carbocycles. The molecule has 2 aromatic carbocycles. The van der Waals surface area contributed by atoms with Gasteiger partial charge >= 0.3 is 5.97 Å². The molecule has 0 aliphatic carbocycles. The standard InChI is InChI=1S/C17H14Cl3NO4/c1-9(25-17(23)12-5-3-10(18)7-13(12)20)16(22)21-14-8-11(19)4-6-15(14)24-2/h3-9H,1-2H3,(H,21,22)/t9-/m1/s1. The number of ether oxygens (including phenoxy) is 2. The number of benzene rings is 2. The van der Waals surface area contributed by atoms with E-state index in [-0.39, 0.29) is 10.6 Å². The second-order valence-electron chi connectivity index (χ2n) is 5.01. The molecule has 0 aliphatic rings. The average Bonchev–Trinajstić information content (AvgIpc) is 2.54. The molecule has 2 aromatic rings. The van der Waals surface area contributed by atoms with Crippen molar-refractivity contribution in [3.05, 3.63) is 57.0 Å². The number of anilines is 1. The van der Waals surface area contributed by atoms with Crippen molar-refractivity contribution >= 4 is 52.4 Å². The van der Waals surface area contributed by atoms with Crippen molar-refractivity contribution in [2.24, 2.45) is 0 Å². The van der Waals surface area contributed by atoms with Gasteiger partial charge in [-0.05, 0) is 43.3 Å². The van der Waals surface area contributed by atoms with Crippen molar-refractivity contribution < 1.29 is 19.1 Å². The first kappa shape index (κ1) is 19.4. The third-order valence-corrected chi connectivity index (χ3v) is 4.01. The molecule has 5 nitrogen and oxygen atoms in total. The van der Waals surface area contributed by atoms with Crippen LogP contribution in [0.25, 0.3) is 0 Å². The zero-order valence-corrected chi connectivity index (χ0v) is 15.6. The molecule has 1 atom stereocenters. The van der Waals surface area contributed by atoms with Gasteiger partial charge in [-0.3, -0.25) is 4.79 Å². The molecule has 0 fully saturated rings. The van der Waals surface area contributed by atoms with Crippen LogP contribution in [0.1, 0.15) is 17.3 Å². The molecule has 132 valence electrons. The Balaban J connectivity index is 2.07. The Hall–Kier alpha value is -1.95. The molecule has 0 unspecified atom stereocenters. The van der Waals surface area contributed by atoms with Crippen molar-refractivity contribution in [2.75, 3.05) is 12.4 Å². The van der Waals surface area contributed by atoms with Crippen LogP contribution in [-0.2, 0) is 9.53 Å². The summed E-state index contributed by atoms with van der Waals surface area (Å²) in [5.41, 5.74) is 0.485. The third kappa shape index (κ3) is 5.01. The van der Waals surface area contributed by atoms with Crippen molar-refractivity contribution in [1.82, 2.24) is 0 Å². The minimum absolute atomic E-state index is 0.117. The zero-order chi connectivity index (χ0) is 18.6. The van der Waals surface area contributed by atoms with Crippen LogP contribution in [0.15, 0.2) is 36.4 Å². The summed E-state index contributed by atoms with van der Waals surface area (Å²) in [5, 5.41) is 3.56. The maximum atomic E-state index is 12.3. The van der Waals surface area contributed by atoms with Gasteiger partial charge in [0.25, 0.3) is 5.91 Å². The van der Waals surface area contributed by atoms with E-state index in [1.165, 1.54) is 38.3 Å². The van der Waals surface area contributed by atoms with Gasteiger partial charge in [-0.2, -0.15) is 0 Å². The molecule has 8 heteroatoms. The Kier molecular flexibility index (Phi) is 6.53. The van der Waals surface area contributed by atoms with E-state index in [9.17, 15) is 9.59 Å². The van der Waals surface area contributed by atoms with Crippen molar-refractivity contribution in [2.45, 2.75) is 13.0 Å². The molecular formula is C17H14Cl3NO4. The lowest BCUT2D eigenvalue weighted by Gasteiger charge is -2.15. The fourth-order valence-electron chi connectivity index (χ4n) is 1.94. The first-order valence-corrected chi connectivity index (χ1v) is 8.25. The minimum atomic E-state index is -1.07. The van der Waals surface area contributed by atoms with Gasteiger partial charge < -0.3 is 14.8 Å². The highest BCUT2D eigenvalue weighted by atomic mass is 35.5. The van der Waals surface area contributed by atoms with Crippen LogP contribution in [-0.4, -0.2) is 25.1 Å². The lowest BCUT2D eigenvalue weighted by atomic mass is 10.2. The molecule has 0 heterocycles. The molecular weight excluding hydrogens is 389 g/mol. The first-order chi connectivity index (χ1) is 11.8. The third-order valence-electron chi connectivity index (χ3n) is 3.22. The number of esters is 1. The van der Waals surface area contributed by atoms with Crippen LogP contribution in [0, 0.1) is 0 Å². The number of rotatable bonds is 5. The Labute approximate surface area is 159 Å². The summed E-state index contributed by atoms with van der Waals surface area (Å²) in [6.07, 6.45) is -1.07. The van der Waals surface area contributed by atoms with Crippen LogP contribution in [0.2, 0.25) is 15.1 Å². The molecule has 0 aromatic heterocycles. The minimum Gasteiger partial charge on any atom is -0.495 e. The predicted octanol–water partition coefficient (Wildman–Crippen LogP) is 4.84. The number of carbonyl (C=O) groups is 2. The normalized spacial score (nSPS) is 11.6. The summed E-state index contributed by atoms with van der Waals surface area (Å²) >= 11 is 17.7. The van der Waals surface area contributed by atoms with E-state index >= 15 is 0 Å². The number of hydrogen-bond donors (Lipinski definition) is 1. The summed E-state index contributed by atoms with van der Waals surface area (Å²) in [6.45, 7) is 1.44. The zero-order valence-electron chi connectivity index (χ0n) is 13.3. The van der Waals surface area contributed by atoms with Gasteiger partial charge in [-0.15, -0.1) is 0 Å². The van der Waals surface area contributed by atoms with Crippen LogP contribution >= 0.6 is 34.8 Å². The summed E-state index contributed by atoms with van der Waals surface area (Å²) in [5.74, 6) is -0.849. The first-order valence-electron chi connectivity index (χ1n) is 7.12. The lowest BCUT2D eigenvalue weighted by molar-refractivity contribution is -0.123. The van der Waals surface area contributed by atoms with Gasteiger partial charge in [0.2, 0.25) is 0 Å². The summed E-state index contributed by atoms with van der Waals surface area (Å²) in [4.78, 5) is 24.4. The van der Waals surface area contributed by atoms with Crippen molar-refractivity contribution in [1.29, 1.82) is 0 Å². The monoisotopic (exact) mass is 401 g/mol. The van der Waals surface area contributed by atoms with Crippen LogP contribution in [0.5, 0.6) is 5.75 Å². The van der Waals surface area contributed by atoms with Crippen molar-refractivity contribution in [3.63, 3.8) is 0 Å². The van der Waals surface area contributed by atoms with Gasteiger partial charge in [0, 0.05) is 10.0 Å². The molecule has 1 amide bonds. The van der Waals surface area contributed by atoms with E-state index in [2.05, 4.69) is 5.32 Å². The second-order valence-corrected chi connectivity index (χ2v) is 6.29. The summed E-state index contributed by atoms with van der Waals surface area (Å²) in [7, 11) is 1.46. The molecule has 0 bridgehead atoms. The number of halogens is 3. The Morgan fingerprint density at radius 1 is 1.04 bits per heavy atom. The number of nitrogens with one attached hydrogen (secondary N) is 1. The maximum Gasteiger partial charge on any atom is 0.340 e. The molecule has 1 N–H and O–H groups in total. The predicted molar refractivity (Wildman–Crippen MR) is 98.0 cm³/mol. The van der Waals surface area contributed by atoms with Crippen molar-refractivity contribution in [3.8, 4) is 5.75 Å². The van der Waals surface area contributed by atoms with Gasteiger partial charge in [-0.25, -0.2) is 4.79 Å². The smallest absolute Gasteiger partial charge is 0.340 e.